The van der Waals surface area contributed by atoms with Gasteiger partial charge in [-0.1, -0.05) is 60.7 Å². The molecule has 0 spiro atoms. The van der Waals surface area contributed by atoms with E-state index in [1.807, 2.05) is 60.7 Å². The van der Waals surface area contributed by atoms with Crippen molar-refractivity contribution in [1.29, 1.82) is 0 Å². The molecule has 146 valence electrons. The lowest BCUT2D eigenvalue weighted by Gasteiger charge is -2.16. The number of anilines is 1. The Kier molecular flexibility index (Phi) is 5.29. The maximum absolute atomic E-state index is 13.7. The molecule has 1 aliphatic rings. The molecule has 0 bridgehead atoms. The van der Waals surface area contributed by atoms with Crippen molar-refractivity contribution < 1.29 is 18.3 Å². The second kappa shape index (κ2) is 8.18. The summed E-state index contributed by atoms with van der Waals surface area (Å²) in [6, 6.07) is 20.2. The number of amides is 1. The summed E-state index contributed by atoms with van der Waals surface area (Å²) >= 11 is 0. The number of carbonyl (C=O) groups is 1. The van der Waals surface area contributed by atoms with Crippen LogP contribution in [-0.4, -0.2) is 29.9 Å². The van der Waals surface area contributed by atoms with Gasteiger partial charge in [-0.25, -0.2) is 23.6 Å². The third kappa shape index (κ3) is 3.99. The largest absolute Gasteiger partial charge is 0.447 e. The molecule has 0 atom stereocenters. The summed E-state index contributed by atoms with van der Waals surface area (Å²) in [4.78, 5) is 21.6. The van der Waals surface area contributed by atoms with E-state index in [1.54, 1.807) is 0 Å². The maximum Gasteiger partial charge on any atom is 0.415 e. The van der Waals surface area contributed by atoms with Crippen LogP contribution in [0.2, 0.25) is 0 Å². The number of carbonyl (C=O) groups excluding carboxylic acids is 1. The van der Waals surface area contributed by atoms with Gasteiger partial charge in [0.05, 0.1) is 29.7 Å². The molecule has 1 amide bonds. The van der Waals surface area contributed by atoms with E-state index in [2.05, 4.69) is 9.98 Å². The van der Waals surface area contributed by atoms with Gasteiger partial charge in [0, 0.05) is 11.1 Å². The molecule has 1 aliphatic heterocycles. The predicted octanol–water partition coefficient (Wildman–Crippen LogP) is 5.14. The number of cyclic esters (lactones) is 1. The number of alkyl halides is 2. The quantitative estimate of drug-likeness (QED) is 0.564. The fourth-order valence-corrected chi connectivity index (χ4v) is 3.11. The minimum Gasteiger partial charge on any atom is -0.447 e. The lowest BCUT2D eigenvalue weighted by Crippen LogP contribution is -2.25. The first kappa shape index (κ1) is 18.7. The van der Waals surface area contributed by atoms with E-state index in [9.17, 15) is 13.6 Å². The SMILES string of the molecule is O=C1OCCN1c1ncc(N=C(c2ccccc2)c2ccccc2)cc1C(F)F. The fraction of sp³-hybridized carbons (Fsp3) is 0.136. The van der Waals surface area contributed by atoms with Gasteiger partial charge in [-0.15, -0.1) is 0 Å². The van der Waals surface area contributed by atoms with Crippen LogP contribution in [0, 0.1) is 0 Å². The van der Waals surface area contributed by atoms with Gasteiger partial charge in [-0.05, 0) is 6.07 Å². The van der Waals surface area contributed by atoms with Gasteiger partial charge in [0.2, 0.25) is 0 Å². The monoisotopic (exact) mass is 393 g/mol. The number of rotatable bonds is 5. The van der Waals surface area contributed by atoms with E-state index in [0.717, 1.165) is 16.0 Å². The number of pyridine rings is 1. The summed E-state index contributed by atoms with van der Waals surface area (Å²) in [6.07, 6.45) is -2.10. The average Bonchev–Trinajstić information content (AvgIpc) is 3.19. The van der Waals surface area contributed by atoms with Crippen LogP contribution in [0.3, 0.4) is 0 Å². The van der Waals surface area contributed by atoms with Gasteiger partial charge < -0.3 is 4.74 Å². The second-order valence-electron chi connectivity index (χ2n) is 6.37. The summed E-state index contributed by atoms with van der Waals surface area (Å²) in [5, 5.41) is 0. The number of ether oxygens (including phenoxy) is 1. The molecule has 0 N–H and O–H groups in total. The molecule has 1 aromatic heterocycles. The molecule has 0 saturated carbocycles. The van der Waals surface area contributed by atoms with Crippen molar-refractivity contribution in [2.24, 2.45) is 4.99 Å². The molecule has 7 heteroatoms. The number of hydrogen-bond acceptors (Lipinski definition) is 4. The van der Waals surface area contributed by atoms with Gasteiger partial charge >= 0.3 is 6.09 Å². The van der Waals surface area contributed by atoms with Crippen LogP contribution in [0.5, 0.6) is 0 Å². The smallest absolute Gasteiger partial charge is 0.415 e. The fourth-order valence-electron chi connectivity index (χ4n) is 3.11. The van der Waals surface area contributed by atoms with Crippen LogP contribution in [-0.2, 0) is 4.74 Å². The van der Waals surface area contributed by atoms with E-state index in [-0.39, 0.29) is 30.2 Å². The maximum atomic E-state index is 13.7. The summed E-state index contributed by atoms with van der Waals surface area (Å²) < 4.78 is 32.2. The third-order valence-corrected chi connectivity index (χ3v) is 4.47. The third-order valence-electron chi connectivity index (χ3n) is 4.47. The Morgan fingerprint density at radius 3 is 2.17 bits per heavy atom. The minimum atomic E-state index is -2.81. The first-order valence-corrected chi connectivity index (χ1v) is 9.05. The van der Waals surface area contributed by atoms with E-state index in [4.69, 9.17) is 4.74 Å². The zero-order chi connectivity index (χ0) is 20.2. The Balaban J connectivity index is 1.80. The van der Waals surface area contributed by atoms with Crippen LogP contribution in [0.1, 0.15) is 23.1 Å². The van der Waals surface area contributed by atoms with Crippen molar-refractivity contribution >= 4 is 23.3 Å². The topological polar surface area (TPSA) is 54.8 Å². The van der Waals surface area contributed by atoms with Crippen LogP contribution >= 0.6 is 0 Å². The average molecular weight is 393 g/mol. The first-order chi connectivity index (χ1) is 14.1. The normalized spacial score (nSPS) is 13.5. The van der Waals surface area contributed by atoms with Crippen molar-refractivity contribution in [3.8, 4) is 0 Å². The van der Waals surface area contributed by atoms with Crippen molar-refractivity contribution in [3.05, 3.63) is 89.6 Å². The molecule has 0 aliphatic carbocycles. The van der Waals surface area contributed by atoms with Gasteiger partial charge in [0.1, 0.15) is 12.4 Å². The highest BCUT2D eigenvalue weighted by Gasteiger charge is 2.29. The molecule has 4 rings (SSSR count). The van der Waals surface area contributed by atoms with Gasteiger partial charge in [-0.2, -0.15) is 0 Å². The highest BCUT2D eigenvalue weighted by Crippen LogP contribution is 2.33. The number of nitrogens with zero attached hydrogens (tertiary/aromatic N) is 3. The van der Waals surface area contributed by atoms with E-state index in [1.165, 1.54) is 12.3 Å². The summed E-state index contributed by atoms with van der Waals surface area (Å²) in [6.45, 7) is 0.336. The Labute approximate surface area is 166 Å². The van der Waals surface area contributed by atoms with Gasteiger partial charge in [0.25, 0.3) is 6.43 Å². The molecule has 3 aromatic rings. The van der Waals surface area contributed by atoms with E-state index >= 15 is 0 Å². The number of benzene rings is 2. The molecule has 0 radical (unpaired) electrons. The standard InChI is InChI=1S/C22H17F2N3O2/c23-20(24)18-13-17(14-25-21(18)27-11-12-29-22(27)28)26-19(15-7-3-1-4-8-15)16-9-5-2-6-10-16/h1-10,13-14,20H,11-12H2. The molecule has 1 fully saturated rings. The Morgan fingerprint density at radius 2 is 1.66 bits per heavy atom. The molecule has 2 heterocycles. The zero-order valence-corrected chi connectivity index (χ0v) is 15.3. The number of hydrogen-bond donors (Lipinski definition) is 0. The predicted molar refractivity (Wildman–Crippen MR) is 106 cm³/mol. The summed E-state index contributed by atoms with van der Waals surface area (Å²) in [7, 11) is 0. The van der Waals surface area contributed by atoms with Crippen LogP contribution in [0.25, 0.3) is 0 Å². The van der Waals surface area contributed by atoms with Crippen LogP contribution < -0.4 is 4.90 Å². The molecule has 1 saturated heterocycles. The number of aromatic nitrogens is 1. The van der Waals surface area contributed by atoms with E-state index in [0.29, 0.717) is 5.71 Å². The summed E-state index contributed by atoms with van der Waals surface area (Å²) in [5.41, 5.74) is 2.26. The van der Waals surface area contributed by atoms with E-state index < -0.39 is 12.5 Å². The summed E-state index contributed by atoms with van der Waals surface area (Å²) in [5.74, 6) is -0.0950. The lowest BCUT2D eigenvalue weighted by atomic mass is 10.0. The lowest BCUT2D eigenvalue weighted by molar-refractivity contribution is 0.151. The number of aliphatic imine (C=N–C) groups is 1. The van der Waals surface area contributed by atoms with Crippen LogP contribution in [0.4, 0.5) is 25.1 Å². The second-order valence-corrected chi connectivity index (χ2v) is 6.37. The Bertz CT molecular complexity index is 999. The molecule has 5 nitrogen and oxygen atoms in total. The van der Waals surface area contributed by atoms with Gasteiger partial charge in [0.15, 0.2) is 0 Å². The minimum absolute atomic E-state index is 0.0950. The number of halogens is 2. The molecular weight excluding hydrogens is 376 g/mol. The zero-order valence-electron chi connectivity index (χ0n) is 15.3. The molecule has 0 unspecified atom stereocenters. The molecule has 2 aromatic carbocycles. The van der Waals surface area contributed by atoms with Crippen molar-refractivity contribution in [2.45, 2.75) is 6.43 Å². The molecule has 29 heavy (non-hydrogen) atoms. The van der Waals surface area contributed by atoms with Crippen LogP contribution in [0.15, 0.2) is 77.9 Å². The molecular formula is C22H17F2N3O2. The van der Waals surface area contributed by atoms with Gasteiger partial charge in [-0.3, -0.25) is 4.90 Å². The highest BCUT2D eigenvalue weighted by atomic mass is 19.3. The Morgan fingerprint density at radius 1 is 1.03 bits per heavy atom. The van der Waals surface area contributed by atoms with Crippen molar-refractivity contribution in [3.63, 3.8) is 0 Å². The Hall–Kier alpha value is -3.61. The van der Waals surface area contributed by atoms with Crippen molar-refractivity contribution in [1.82, 2.24) is 4.98 Å². The highest BCUT2D eigenvalue weighted by molar-refractivity contribution is 6.13. The van der Waals surface area contributed by atoms with Crippen molar-refractivity contribution in [2.75, 3.05) is 18.1 Å². The first-order valence-electron chi connectivity index (χ1n) is 9.05.